The predicted octanol–water partition coefficient (Wildman–Crippen LogP) is 2.49. The monoisotopic (exact) mass is 240 g/mol. The van der Waals surface area contributed by atoms with Crippen LogP contribution in [0, 0.1) is 11.8 Å². The second-order valence-corrected chi connectivity index (χ2v) is 4.70. The Bertz CT molecular complexity index is 346. The smallest absolute Gasteiger partial charge is 0.232 e. The molecule has 0 amide bonds. The van der Waals surface area contributed by atoms with Gasteiger partial charge in [-0.3, -0.25) is 0 Å². The van der Waals surface area contributed by atoms with Crippen LogP contribution in [0.15, 0.2) is 18.3 Å². The molecule has 4 heteroatoms. The maximum absolute atomic E-state index is 5.97. The van der Waals surface area contributed by atoms with Gasteiger partial charge in [0.05, 0.1) is 6.61 Å². The number of pyridine rings is 1. The highest BCUT2D eigenvalue weighted by Crippen LogP contribution is 2.31. The van der Waals surface area contributed by atoms with Gasteiger partial charge < -0.3 is 10.5 Å². The molecule has 2 N–H and O–H groups in total. The molecule has 0 aromatic carbocycles. The average molecular weight is 241 g/mol. The van der Waals surface area contributed by atoms with E-state index in [-0.39, 0.29) is 0 Å². The molecule has 0 radical (unpaired) electrons. The van der Waals surface area contributed by atoms with E-state index in [2.05, 4.69) is 4.98 Å². The van der Waals surface area contributed by atoms with Crippen LogP contribution in [0.4, 0.5) is 0 Å². The van der Waals surface area contributed by atoms with Crippen molar-refractivity contribution in [2.24, 2.45) is 17.6 Å². The summed E-state index contributed by atoms with van der Waals surface area (Å²) in [6.45, 7) is 1.43. The highest BCUT2D eigenvalue weighted by atomic mass is 35.5. The molecule has 1 aliphatic rings. The standard InChI is InChI=1S/C12H17ClN2O/c13-11-5-2-6-15-12(11)16-8-10-4-1-3-9(10)7-14/h2,5-6,9-10H,1,3-4,7-8,14H2. The van der Waals surface area contributed by atoms with Gasteiger partial charge in [-0.2, -0.15) is 0 Å². The van der Waals surface area contributed by atoms with Gasteiger partial charge in [0, 0.05) is 6.20 Å². The second-order valence-electron chi connectivity index (χ2n) is 4.29. The Kier molecular flexibility index (Phi) is 4.02. The molecule has 1 saturated carbocycles. The summed E-state index contributed by atoms with van der Waals surface area (Å²) in [5.74, 6) is 1.69. The van der Waals surface area contributed by atoms with E-state index >= 15 is 0 Å². The zero-order chi connectivity index (χ0) is 11.4. The molecular formula is C12H17ClN2O. The number of halogens is 1. The first-order valence-corrected chi connectivity index (χ1v) is 6.12. The largest absolute Gasteiger partial charge is 0.476 e. The highest BCUT2D eigenvalue weighted by Gasteiger charge is 2.26. The van der Waals surface area contributed by atoms with E-state index < -0.39 is 0 Å². The van der Waals surface area contributed by atoms with E-state index in [1.54, 1.807) is 18.3 Å². The third kappa shape index (κ3) is 2.66. The van der Waals surface area contributed by atoms with Gasteiger partial charge in [0.15, 0.2) is 0 Å². The van der Waals surface area contributed by atoms with Gasteiger partial charge in [-0.25, -0.2) is 4.98 Å². The van der Waals surface area contributed by atoms with Crippen molar-refractivity contribution < 1.29 is 4.74 Å². The molecule has 2 atom stereocenters. The fourth-order valence-corrected chi connectivity index (χ4v) is 2.48. The lowest BCUT2D eigenvalue weighted by Crippen LogP contribution is -2.23. The van der Waals surface area contributed by atoms with Gasteiger partial charge in [0.1, 0.15) is 5.02 Å². The Balaban J connectivity index is 1.90. The van der Waals surface area contributed by atoms with Gasteiger partial charge in [-0.15, -0.1) is 0 Å². The van der Waals surface area contributed by atoms with Gasteiger partial charge in [0.2, 0.25) is 5.88 Å². The minimum Gasteiger partial charge on any atom is -0.476 e. The summed E-state index contributed by atoms with van der Waals surface area (Å²) < 4.78 is 5.65. The molecule has 0 bridgehead atoms. The lowest BCUT2D eigenvalue weighted by atomic mass is 9.97. The SMILES string of the molecule is NCC1CCCC1COc1ncccc1Cl. The van der Waals surface area contributed by atoms with Crippen molar-refractivity contribution in [3.8, 4) is 5.88 Å². The van der Waals surface area contributed by atoms with Crippen molar-refractivity contribution in [1.82, 2.24) is 4.98 Å². The van der Waals surface area contributed by atoms with Gasteiger partial charge in [-0.1, -0.05) is 18.0 Å². The first kappa shape index (κ1) is 11.7. The van der Waals surface area contributed by atoms with Crippen LogP contribution >= 0.6 is 11.6 Å². The first-order chi connectivity index (χ1) is 7.81. The molecule has 1 fully saturated rings. The molecule has 1 heterocycles. The van der Waals surface area contributed by atoms with Crippen molar-refractivity contribution >= 4 is 11.6 Å². The van der Waals surface area contributed by atoms with Crippen LogP contribution < -0.4 is 10.5 Å². The summed E-state index contributed by atoms with van der Waals surface area (Å²) in [4.78, 5) is 4.10. The number of nitrogens with two attached hydrogens (primary N) is 1. The third-order valence-electron chi connectivity index (χ3n) is 3.28. The lowest BCUT2D eigenvalue weighted by Gasteiger charge is -2.18. The Morgan fingerprint density at radius 1 is 1.44 bits per heavy atom. The van der Waals surface area contributed by atoms with Crippen molar-refractivity contribution in [3.63, 3.8) is 0 Å². The number of hydrogen-bond acceptors (Lipinski definition) is 3. The zero-order valence-corrected chi connectivity index (χ0v) is 9.99. The van der Waals surface area contributed by atoms with Crippen LogP contribution in [0.2, 0.25) is 5.02 Å². The molecule has 1 aliphatic carbocycles. The second kappa shape index (κ2) is 5.51. The van der Waals surface area contributed by atoms with Gasteiger partial charge in [-0.05, 0) is 43.4 Å². The van der Waals surface area contributed by atoms with E-state index in [0.717, 1.165) is 6.54 Å². The minimum absolute atomic E-state index is 0.534. The van der Waals surface area contributed by atoms with E-state index in [9.17, 15) is 0 Å². The maximum Gasteiger partial charge on any atom is 0.232 e. The van der Waals surface area contributed by atoms with Gasteiger partial charge >= 0.3 is 0 Å². The Labute approximate surface area is 101 Å². The summed E-state index contributed by atoms with van der Waals surface area (Å²) in [6.07, 6.45) is 5.37. The molecule has 1 aromatic rings. The van der Waals surface area contributed by atoms with Gasteiger partial charge in [0.25, 0.3) is 0 Å². The summed E-state index contributed by atoms with van der Waals surface area (Å²) in [7, 11) is 0. The normalized spacial score (nSPS) is 24.6. The quantitative estimate of drug-likeness (QED) is 0.880. The Hall–Kier alpha value is -0.800. The Morgan fingerprint density at radius 2 is 2.25 bits per heavy atom. The number of aromatic nitrogens is 1. The molecular weight excluding hydrogens is 224 g/mol. The van der Waals surface area contributed by atoms with Crippen LogP contribution in [-0.4, -0.2) is 18.1 Å². The molecule has 1 aromatic heterocycles. The van der Waals surface area contributed by atoms with Crippen LogP contribution in [0.3, 0.4) is 0 Å². The fourth-order valence-electron chi connectivity index (χ4n) is 2.31. The number of ether oxygens (including phenoxy) is 1. The topological polar surface area (TPSA) is 48.1 Å². The molecule has 88 valence electrons. The van der Waals surface area contributed by atoms with Crippen molar-refractivity contribution in [2.45, 2.75) is 19.3 Å². The van der Waals surface area contributed by atoms with Crippen molar-refractivity contribution in [3.05, 3.63) is 23.4 Å². The van der Waals surface area contributed by atoms with Crippen LogP contribution in [-0.2, 0) is 0 Å². The van der Waals surface area contributed by atoms with Crippen LogP contribution in [0.1, 0.15) is 19.3 Å². The molecule has 2 rings (SSSR count). The maximum atomic E-state index is 5.97. The minimum atomic E-state index is 0.534. The fraction of sp³-hybridized carbons (Fsp3) is 0.583. The average Bonchev–Trinajstić information content (AvgIpc) is 2.75. The third-order valence-corrected chi connectivity index (χ3v) is 3.57. The summed E-state index contributed by atoms with van der Waals surface area (Å²) >= 11 is 5.97. The van der Waals surface area contributed by atoms with Crippen LogP contribution in [0.25, 0.3) is 0 Å². The zero-order valence-electron chi connectivity index (χ0n) is 9.23. The van der Waals surface area contributed by atoms with E-state index in [1.165, 1.54) is 19.3 Å². The van der Waals surface area contributed by atoms with Crippen molar-refractivity contribution in [2.75, 3.05) is 13.2 Å². The Morgan fingerprint density at radius 3 is 3.00 bits per heavy atom. The van der Waals surface area contributed by atoms with E-state index in [4.69, 9.17) is 22.1 Å². The molecule has 0 spiro atoms. The van der Waals surface area contributed by atoms with E-state index in [0.29, 0.717) is 29.3 Å². The highest BCUT2D eigenvalue weighted by molar-refractivity contribution is 6.31. The van der Waals surface area contributed by atoms with E-state index in [1.807, 2.05) is 0 Å². The number of rotatable bonds is 4. The molecule has 0 aliphatic heterocycles. The number of nitrogens with zero attached hydrogens (tertiary/aromatic N) is 1. The number of hydrogen-bond donors (Lipinski definition) is 1. The summed E-state index contributed by atoms with van der Waals surface area (Å²) in [5.41, 5.74) is 5.73. The summed E-state index contributed by atoms with van der Waals surface area (Å²) in [6, 6.07) is 3.59. The van der Waals surface area contributed by atoms with Crippen LogP contribution in [0.5, 0.6) is 5.88 Å². The molecule has 0 saturated heterocycles. The predicted molar refractivity (Wildman–Crippen MR) is 64.6 cm³/mol. The molecule has 2 unspecified atom stereocenters. The first-order valence-electron chi connectivity index (χ1n) is 5.74. The molecule has 16 heavy (non-hydrogen) atoms. The lowest BCUT2D eigenvalue weighted by molar-refractivity contribution is 0.210. The van der Waals surface area contributed by atoms with Crippen molar-refractivity contribution in [1.29, 1.82) is 0 Å². The molecule has 3 nitrogen and oxygen atoms in total. The summed E-state index contributed by atoms with van der Waals surface area (Å²) in [5, 5.41) is 0.574.